The van der Waals surface area contributed by atoms with Crippen LogP contribution in [0.3, 0.4) is 0 Å². The second-order valence-electron chi connectivity index (χ2n) is 2.47. The van der Waals surface area contributed by atoms with Crippen molar-refractivity contribution in [1.82, 2.24) is 0 Å². The molecule has 0 aromatic carbocycles. The van der Waals surface area contributed by atoms with E-state index < -0.39 is 0 Å². The predicted octanol–water partition coefficient (Wildman–Crippen LogP) is 3.60. The number of hydrogen-bond donors (Lipinski definition) is 1. The Morgan fingerprint density at radius 3 is 1.58 bits per heavy atom. The molecule has 2 heteroatoms. The first kappa shape index (κ1) is 22.8. The average Bonchev–Trinajstić information content (AvgIpc) is 2.12. The van der Waals surface area contributed by atoms with Gasteiger partial charge in [-0.1, -0.05) is 19.4 Å². The Hall–Kier alpha value is 0.423. The van der Waals surface area contributed by atoms with Crippen molar-refractivity contribution in [3.8, 4) is 0 Å². The molecular formula is C10H21OZr. The third-order valence-corrected chi connectivity index (χ3v) is 1.83. The molecule has 1 N–H and O–H groups in total. The van der Waals surface area contributed by atoms with Crippen LogP contribution in [0.15, 0.2) is 12.3 Å². The van der Waals surface area contributed by atoms with E-state index in [1.54, 1.807) is 0 Å². The van der Waals surface area contributed by atoms with E-state index in [0.717, 1.165) is 12.8 Å². The van der Waals surface area contributed by atoms with Gasteiger partial charge in [0.15, 0.2) is 0 Å². The third kappa shape index (κ3) is 7.09. The van der Waals surface area contributed by atoms with Crippen molar-refractivity contribution in [3.05, 3.63) is 34.6 Å². The number of aliphatic hydroxyl groups excluding tert-OH is 1. The van der Waals surface area contributed by atoms with Crippen LogP contribution in [0.1, 0.15) is 25.7 Å². The van der Waals surface area contributed by atoms with Gasteiger partial charge in [-0.05, 0) is 12.8 Å². The molecule has 1 fully saturated rings. The summed E-state index contributed by atoms with van der Waals surface area (Å²) in [6.07, 6.45) is 4.83. The molecular weight excluding hydrogens is 227 g/mol. The van der Waals surface area contributed by atoms with E-state index in [4.69, 9.17) is 5.11 Å². The minimum absolute atomic E-state index is 0. The first-order valence-electron chi connectivity index (χ1n) is 3.18. The summed E-state index contributed by atoms with van der Waals surface area (Å²) in [5.74, 6) is 0.817. The molecule has 1 aliphatic rings. The van der Waals surface area contributed by atoms with Crippen LogP contribution in [0.25, 0.3) is 0 Å². The Labute approximate surface area is 97.4 Å². The van der Waals surface area contributed by atoms with E-state index in [-0.39, 0.29) is 48.5 Å². The first-order chi connectivity index (χ1) is 3.80. The molecule has 1 rings (SSSR count). The summed E-state index contributed by atoms with van der Waals surface area (Å²) < 4.78 is 0. The van der Waals surface area contributed by atoms with Gasteiger partial charge in [0.1, 0.15) is 0 Å². The molecule has 0 amide bonds. The largest absolute Gasteiger partial charge is 3.00 e. The Kier molecular flexibility index (Phi) is 21.7. The van der Waals surface area contributed by atoms with Crippen molar-refractivity contribution in [2.75, 3.05) is 0 Å². The summed E-state index contributed by atoms with van der Waals surface area (Å²) in [7, 11) is 0. The maximum atomic E-state index is 8.86. The Bertz CT molecular complexity index is 96.0. The maximum Gasteiger partial charge on any atom is 3.00 e. The second-order valence-corrected chi connectivity index (χ2v) is 2.47. The van der Waals surface area contributed by atoms with E-state index in [9.17, 15) is 0 Å². The molecule has 12 heavy (non-hydrogen) atoms. The number of hydrogen-bond acceptors (Lipinski definition) is 1. The van der Waals surface area contributed by atoms with Gasteiger partial charge in [-0.25, -0.2) is 0 Å². The van der Waals surface area contributed by atoms with Crippen molar-refractivity contribution in [2.45, 2.75) is 25.7 Å². The monoisotopic (exact) mass is 247 g/mol. The van der Waals surface area contributed by atoms with Crippen LogP contribution in [0, 0.1) is 28.2 Å². The Balaban J connectivity index is -0.0000000800. The van der Waals surface area contributed by atoms with Gasteiger partial charge in [0.05, 0.1) is 5.76 Å². The number of rotatable bonds is 1. The van der Waals surface area contributed by atoms with Crippen molar-refractivity contribution in [2.24, 2.45) is 5.92 Å². The normalized spacial score (nSPS) is 14.3. The minimum atomic E-state index is 0. The van der Waals surface area contributed by atoms with Crippen LogP contribution in [0.4, 0.5) is 0 Å². The molecule has 1 nitrogen and oxygen atoms in total. The Morgan fingerprint density at radius 1 is 1.08 bits per heavy atom. The molecule has 0 saturated heterocycles. The zero-order valence-corrected chi connectivity index (χ0v) is 11.0. The second kappa shape index (κ2) is 11.4. The van der Waals surface area contributed by atoms with Gasteiger partial charge >= 0.3 is 26.2 Å². The van der Waals surface area contributed by atoms with E-state index in [1.807, 2.05) is 0 Å². The molecule has 0 aromatic rings. The quantitative estimate of drug-likeness (QED) is 0.555. The summed E-state index contributed by atoms with van der Waals surface area (Å²) in [6, 6.07) is 0. The van der Waals surface area contributed by atoms with Crippen LogP contribution in [0.5, 0.6) is 0 Å². The van der Waals surface area contributed by atoms with Crippen LogP contribution in [-0.4, -0.2) is 5.11 Å². The molecule has 71 valence electrons. The van der Waals surface area contributed by atoms with Crippen molar-refractivity contribution < 1.29 is 31.3 Å². The van der Waals surface area contributed by atoms with Crippen molar-refractivity contribution in [1.29, 1.82) is 0 Å². The van der Waals surface area contributed by atoms with Gasteiger partial charge in [-0.3, -0.25) is 0 Å². The molecule has 1 aliphatic carbocycles. The summed E-state index contributed by atoms with van der Waals surface area (Å²) in [5, 5.41) is 8.86. The van der Waals surface area contributed by atoms with Crippen molar-refractivity contribution >= 4 is 0 Å². The van der Waals surface area contributed by atoms with Gasteiger partial charge in [-0.15, -0.1) is 0 Å². The van der Waals surface area contributed by atoms with E-state index in [1.165, 1.54) is 12.8 Å². The third-order valence-electron chi connectivity index (χ3n) is 1.83. The Morgan fingerprint density at radius 2 is 1.42 bits per heavy atom. The van der Waals surface area contributed by atoms with Gasteiger partial charge in [-0.2, -0.15) is 0 Å². The first-order valence-corrected chi connectivity index (χ1v) is 3.18. The molecule has 1 radical (unpaired) electrons. The van der Waals surface area contributed by atoms with Crippen LogP contribution < -0.4 is 0 Å². The topological polar surface area (TPSA) is 20.2 Å². The summed E-state index contributed by atoms with van der Waals surface area (Å²) in [4.78, 5) is 0. The molecule has 1 saturated carbocycles. The maximum absolute atomic E-state index is 8.86. The fraction of sp³-hybridized carbons (Fsp3) is 0.500. The van der Waals surface area contributed by atoms with Crippen molar-refractivity contribution in [3.63, 3.8) is 0 Å². The minimum Gasteiger partial charge on any atom is -0.513 e. The molecule has 0 aliphatic heterocycles. The number of aliphatic hydroxyl groups is 1. The van der Waals surface area contributed by atoms with E-state index >= 15 is 0 Å². The van der Waals surface area contributed by atoms with Crippen LogP contribution in [-0.2, 0) is 26.2 Å². The summed E-state index contributed by atoms with van der Waals surface area (Å²) in [5.41, 5.74) is 0. The predicted molar refractivity (Wildman–Crippen MR) is 53.0 cm³/mol. The smallest absolute Gasteiger partial charge is 0.513 e. The average molecular weight is 249 g/mol. The standard InChI is InChI=1S/C7H12O.3CH3.Zr/c1-6(8)7-4-2-3-5-7;;;;/h7-8H,1-5H2;3*1H3;/q;3*-1;+3. The van der Waals surface area contributed by atoms with Crippen LogP contribution in [0.2, 0.25) is 0 Å². The molecule has 0 heterocycles. The van der Waals surface area contributed by atoms with E-state index in [2.05, 4.69) is 6.58 Å². The summed E-state index contributed by atoms with van der Waals surface area (Å²) in [6.45, 7) is 3.49. The van der Waals surface area contributed by atoms with Crippen LogP contribution >= 0.6 is 0 Å². The van der Waals surface area contributed by atoms with Gasteiger partial charge in [0.25, 0.3) is 0 Å². The SMILES string of the molecule is C=C(O)C1CCCC1.[CH3-].[CH3-].[CH3-].[Zr+3]. The molecule has 0 bridgehead atoms. The molecule has 0 spiro atoms. The number of allylic oxidation sites excluding steroid dienone is 1. The van der Waals surface area contributed by atoms with E-state index in [0.29, 0.717) is 11.7 Å². The van der Waals surface area contributed by atoms with Gasteiger partial charge in [0, 0.05) is 5.92 Å². The molecule has 0 aromatic heterocycles. The summed E-state index contributed by atoms with van der Waals surface area (Å²) >= 11 is 0. The van der Waals surface area contributed by atoms with Gasteiger partial charge < -0.3 is 27.4 Å². The fourth-order valence-corrected chi connectivity index (χ4v) is 1.26. The fourth-order valence-electron chi connectivity index (χ4n) is 1.26. The molecule has 0 unspecified atom stereocenters. The zero-order chi connectivity index (χ0) is 5.98. The van der Waals surface area contributed by atoms with Gasteiger partial charge in [0.2, 0.25) is 0 Å². The molecule has 0 atom stereocenters. The zero-order valence-electron chi connectivity index (χ0n) is 8.56.